The number of hydrazone groups is 1. The van der Waals surface area contributed by atoms with Gasteiger partial charge in [0.25, 0.3) is 5.95 Å². The van der Waals surface area contributed by atoms with Crippen LogP contribution in [0.15, 0.2) is 46.0 Å². The lowest BCUT2D eigenvalue weighted by atomic mass is 10.2. The van der Waals surface area contributed by atoms with Crippen LogP contribution in [-0.2, 0) is 5.75 Å². The Bertz CT molecular complexity index is 847. The normalized spacial score (nSPS) is 11.2. The number of nitrogens with two attached hydrogens (primary N) is 1. The number of hydrogen-bond donors (Lipinski definition) is 2. The lowest BCUT2D eigenvalue weighted by Crippen LogP contribution is -2.13. The first-order valence-corrected chi connectivity index (χ1v) is 9.35. The Morgan fingerprint density at radius 1 is 1.29 bits per heavy atom. The summed E-state index contributed by atoms with van der Waals surface area (Å²) in [7, 11) is 0. The molecule has 3 N–H and O–H groups in total. The number of anilines is 1. The van der Waals surface area contributed by atoms with E-state index in [2.05, 4.69) is 20.7 Å². The molecule has 0 saturated heterocycles. The first kappa shape index (κ1) is 17.1. The average molecular weight is 399 g/mol. The molecule has 0 fully saturated rings. The van der Waals surface area contributed by atoms with Crippen LogP contribution in [0.2, 0.25) is 10.0 Å². The molecule has 3 aromatic rings. The summed E-state index contributed by atoms with van der Waals surface area (Å²) in [5.41, 5.74) is 3.79. The number of nitrogen functional groups attached to an aromatic ring is 1. The molecule has 3 rings (SSSR count). The molecule has 0 aliphatic carbocycles. The van der Waals surface area contributed by atoms with Gasteiger partial charge in [0.15, 0.2) is 0 Å². The summed E-state index contributed by atoms with van der Waals surface area (Å²) in [6.45, 7) is 0. The summed E-state index contributed by atoms with van der Waals surface area (Å²) < 4.78 is 1.36. The molecule has 0 amide bonds. The van der Waals surface area contributed by atoms with Gasteiger partial charge in [0, 0.05) is 10.6 Å². The maximum absolute atomic E-state index is 6.01. The van der Waals surface area contributed by atoms with Gasteiger partial charge in [0.1, 0.15) is 0 Å². The standard InChI is InChI=1S/C14H12Cl2N6S2/c15-11-4-3-9(6-12(11)16)8-24-14-21-20-13(22(14)17)19-18-7-10-2-1-5-23-10/h1-7H,8,17H2,(H,19,20)/b18-7+. The number of nitrogens with one attached hydrogen (secondary N) is 1. The second kappa shape index (κ2) is 7.89. The summed E-state index contributed by atoms with van der Waals surface area (Å²) in [5, 5.41) is 15.7. The fourth-order valence-corrected chi connectivity index (χ4v) is 3.45. The van der Waals surface area contributed by atoms with Gasteiger partial charge in [0.05, 0.1) is 16.3 Å². The van der Waals surface area contributed by atoms with Crippen LogP contribution in [-0.4, -0.2) is 21.1 Å². The van der Waals surface area contributed by atoms with E-state index in [0.29, 0.717) is 26.9 Å². The van der Waals surface area contributed by atoms with E-state index in [1.165, 1.54) is 16.4 Å². The molecule has 10 heteroatoms. The fourth-order valence-electron chi connectivity index (χ4n) is 1.75. The fraction of sp³-hybridized carbons (Fsp3) is 0.0714. The lowest BCUT2D eigenvalue weighted by molar-refractivity contribution is 0.847. The molecule has 0 spiro atoms. The molecule has 0 bridgehead atoms. The number of hydrogen-bond acceptors (Lipinski definition) is 7. The highest BCUT2D eigenvalue weighted by atomic mass is 35.5. The molecule has 0 aliphatic rings. The second-order valence-corrected chi connectivity index (χ2v) is 7.33. The van der Waals surface area contributed by atoms with Crippen LogP contribution in [0.4, 0.5) is 5.95 Å². The van der Waals surface area contributed by atoms with Gasteiger partial charge in [-0.1, -0.05) is 47.1 Å². The first-order valence-electron chi connectivity index (χ1n) is 6.73. The van der Waals surface area contributed by atoms with Crippen molar-refractivity contribution in [2.45, 2.75) is 10.9 Å². The zero-order chi connectivity index (χ0) is 16.9. The largest absolute Gasteiger partial charge is 0.334 e. The molecule has 0 saturated carbocycles. The number of aromatic nitrogens is 3. The molecule has 2 aromatic heterocycles. The Morgan fingerprint density at radius 2 is 2.17 bits per heavy atom. The van der Waals surface area contributed by atoms with Crippen molar-refractivity contribution in [1.82, 2.24) is 14.9 Å². The topological polar surface area (TPSA) is 81.1 Å². The van der Waals surface area contributed by atoms with Crippen molar-refractivity contribution in [2.24, 2.45) is 5.10 Å². The van der Waals surface area contributed by atoms with Crippen molar-refractivity contribution < 1.29 is 0 Å². The zero-order valence-electron chi connectivity index (χ0n) is 12.2. The van der Waals surface area contributed by atoms with E-state index in [9.17, 15) is 0 Å². The number of halogens is 2. The van der Waals surface area contributed by atoms with Gasteiger partial charge in [-0.15, -0.1) is 21.5 Å². The third-order valence-electron chi connectivity index (χ3n) is 2.92. The van der Waals surface area contributed by atoms with E-state index in [-0.39, 0.29) is 0 Å². The Hall–Kier alpha value is -1.74. The summed E-state index contributed by atoms with van der Waals surface area (Å²) in [5.74, 6) is 6.97. The molecule has 0 unspecified atom stereocenters. The molecule has 124 valence electrons. The maximum atomic E-state index is 6.01. The quantitative estimate of drug-likeness (QED) is 0.282. The van der Waals surface area contributed by atoms with Crippen LogP contribution in [0.3, 0.4) is 0 Å². The average Bonchev–Trinajstić information content (AvgIpc) is 3.20. The van der Waals surface area contributed by atoms with Gasteiger partial charge in [-0.25, -0.2) is 10.1 Å². The Kier molecular flexibility index (Phi) is 5.62. The third-order valence-corrected chi connectivity index (χ3v) is 5.48. The number of nitrogens with zero attached hydrogens (tertiary/aromatic N) is 4. The highest BCUT2D eigenvalue weighted by molar-refractivity contribution is 7.98. The van der Waals surface area contributed by atoms with Gasteiger partial charge in [-0.2, -0.15) is 5.10 Å². The van der Waals surface area contributed by atoms with Crippen LogP contribution >= 0.6 is 46.3 Å². The van der Waals surface area contributed by atoms with Crippen LogP contribution in [0.25, 0.3) is 0 Å². The van der Waals surface area contributed by atoms with Gasteiger partial charge >= 0.3 is 0 Å². The molecule has 2 heterocycles. The highest BCUT2D eigenvalue weighted by Gasteiger charge is 2.10. The third kappa shape index (κ3) is 4.21. The summed E-state index contributed by atoms with van der Waals surface area (Å²) >= 11 is 14.9. The molecule has 6 nitrogen and oxygen atoms in total. The Balaban J connectivity index is 1.61. The van der Waals surface area contributed by atoms with Crippen molar-refractivity contribution in [1.29, 1.82) is 0 Å². The SMILES string of the molecule is Nn1c(N/N=C/c2cccs2)nnc1SCc1ccc(Cl)c(Cl)c1. The molecule has 24 heavy (non-hydrogen) atoms. The van der Waals surface area contributed by atoms with Crippen LogP contribution in [0.1, 0.15) is 10.4 Å². The second-order valence-electron chi connectivity index (χ2n) is 4.60. The first-order chi connectivity index (χ1) is 11.6. The van der Waals surface area contributed by atoms with E-state index < -0.39 is 0 Å². The van der Waals surface area contributed by atoms with Gasteiger partial charge in [0.2, 0.25) is 5.16 Å². The van der Waals surface area contributed by atoms with Gasteiger partial charge < -0.3 is 5.84 Å². The van der Waals surface area contributed by atoms with E-state index in [4.69, 9.17) is 29.0 Å². The molecule has 0 atom stereocenters. The number of rotatable bonds is 6. The molecular weight excluding hydrogens is 387 g/mol. The minimum atomic E-state index is 0.361. The predicted molar refractivity (Wildman–Crippen MR) is 102 cm³/mol. The molecule has 1 aromatic carbocycles. The van der Waals surface area contributed by atoms with E-state index in [1.54, 1.807) is 23.6 Å². The Labute approximate surface area is 156 Å². The van der Waals surface area contributed by atoms with E-state index >= 15 is 0 Å². The molecule has 0 aliphatic heterocycles. The van der Waals surface area contributed by atoms with E-state index in [0.717, 1.165) is 10.4 Å². The van der Waals surface area contributed by atoms with Crippen molar-refractivity contribution in [3.63, 3.8) is 0 Å². The predicted octanol–water partition coefficient (Wildman–Crippen LogP) is 4.10. The van der Waals surface area contributed by atoms with Crippen LogP contribution < -0.4 is 11.3 Å². The summed E-state index contributed by atoms with van der Waals surface area (Å²) in [6, 6.07) is 9.40. The Morgan fingerprint density at radius 3 is 2.92 bits per heavy atom. The molecular formula is C14H12Cl2N6S2. The van der Waals surface area contributed by atoms with Crippen LogP contribution in [0.5, 0.6) is 0 Å². The lowest BCUT2D eigenvalue weighted by Gasteiger charge is -2.04. The zero-order valence-corrected chi connectivity index (χ0v) is 15.3. The van der Waals surface area contributed by atoms with Crippen molar-refractivity contribution in [2.75, 3.05) is 11.3 Å². The number of thiophene rings is 1. The van der Waals surface area contributed by atoms with Crippen molar-refractivity contribution in [3.05, 3.63) is 56.2 Å². The number of benzene rings is 1. The number of thioether (sulfide) groups is 1. The van der Waals surface area contributed by atoms with Gasteiger partial charge in [-0.3, -0.25) is 0 Å². The maximum Gasteiger partial charge on any atom is 0.264 e. The van der Waals surface area contributed by atoms with Gasteiger partial charge in [-0.05, 0) is 29.1 Å². The minimum absolute atomic E-state index is 0.361. The van der Waals surface area contributed by atoms with Crippen LogP contribution in [0, 0.1) is 0 Å². The smallest absolute Gasteiger partial charge is 0.264 e. The highest BCUT2D eigenvalue weighted by Crippen LogP contribution is 2.27. The monoisotopic (exact) mass is 398 g/mol. The molecule has 0 radical (unpaired) electrons. The minimum Gasteiger partial charge on any atom is -0.334 e. The van der Waals surface area contributed by atoms with E-state index in [1.807, 2.05) is 29.6 Å². The van der Waals surface area contributed by atoms with Crippen molar-refractivity contribution >= 4 is 58.5 Å². The van der Waals surface area contributed by atoms with Crippen molar-refractivity contribution in [3.8, 4) is 0 Å². The summed E-state index contributed by atoms with van der Waals surface area (Å²) in [4.78, 5) is 1.03. The summed E-state index contributed by atoms with van der Waals surface area (Å²) in [6.07, 6.45) is 1.70.